The Morgan fingerprint density at radius 1 is 1.44 bits per heavy atom. The first-order chi connectivity index (χ1) is 8.83. The van der Waals surface area contributed by atoms with Gasteiger partial charge in [0.2, 0.25) is 0 Å². The maximum Gasteiger partial charge on any atom is 0.0315 e. The van der Waals surface area contributed by atoms with E-state index in [-0.39, 0.29) is 0 Å². The molecule has 1 saturated carbocycles. The zero-order valence-corrected chi connectivity index (χ0v) is 11.2. The summed E-state index contributed by atoms with van der Waals surface area (Å²) >= 11 is 0. The Morgan fingerprint density at radius 2 is 2.33 bits per heavy atom. The number of nitrogens with one attached hydrogen (secondary N) is 1. The molecule has 2 fully saturated rings. The highest BCUT2D eigenvalue weighted by atomic mass is 15.2. The van der Waals surface area contributed by atoms with Gasteiger partial charge in [-0.3, -0.25) is 9.88 Å². The molecule has 1 saturated heterocycles. The van der Waals surface area contributed by atoms with Gasteiger partial charge in [-0.1, -0.05) is 0 Å². The number of rotatable bonds is 3. The van der Waals surface area contributed by atoms with Crippen LogP contribution >= 0.6 is 0 Å². The maximum absolute atomic E-state index is 4.26. The van der Waals surface area contributed by atoms with Gasteiger partial charge in [-0.25, -0.2) is 0 Å². The van der Waals surface area contributed by atoms with Gasteiger partial charge in [0.05, 0.1) is 0 Å². The smallest absolute Gasteiger partial charge is 0.0315 e. The van der Waals surface area contributed by atoms with Gasteiger partial charge in [0.1, 0.15) is 0 Å². The zero-order valence-electron chi connectivity index (χ0n) is 11.2. The molecule has 18 heavy (non-hydrogen) atoms. The lowest BCUT2D eigenvalue weighted by Gasteiger charge is -2.24. The molecule has 3 nitrogen and oxygen atoms in total. The molecule has 0 bridgehead atoms. The molecule has 1 N–H and O–H groups in total. The van der Waals surface area contributed by atoms with E-state index in [9.17, 15) is 0 Å². The predicted molar refractivity (Wildman–Crippen MR) is 73.4 cm³/mol. The van der Waals surface area contributed by atoms with Gasteiger partial charge >= 0.3 is 0 Å². The highest BCUT2D eigenvalue weighted by Crippen LogP contribution is 2.33. The average Bonchev–Trinajstić information content (AvgIpc) is 3.18. The standard InChI is InChI=1S/C15H23N3/c1-12-5-7-16-9-14(12)10-18-8-2-6-17-15(11-18)13-3-4-13/h5,7,9,13,15,17H,2-4,6,8,10-11H2,1H3. The molecule has 1 aromatic heterocycles. The largest absolute Gasteiger partial charge is 0.312 e. The third kappa shape index (κ3) is 2.90. The minimum atomic E-state index is 0.726. The van der Waals surface area contributed by atoms with Crippen molar-refractivity contribution in [1.82, 2.24) is 15.2 Å². The van der Waals surface area contributed by atoms with Crippen LogP contribution < -0.4 is 5.32 Å². The highest BCUT2D eigenvalue weighted by molar-refractivity contribution is 5.21. The summed E-state index contributed by atoms with van der Waals surface area (Å²) in [5.74, 6) is 0.945. The molecule has 3 heteroatoms. The van der Waals surface area contributed by atoms with Crippen molar-refractivity contribution >= 4 is 0 Å². The van der Waals surface area contributed by atoms with Crippen LogP contribution in [0.5, 0.6) is 0 Å². The fraction of sp³-hybridized carbons (Fsp3) is 0.667. The molecule has 1 aliphatic carbocycles. The van der Waals surface area contributed by atoms with Gasteiger partial charge < -0.3 is 5.32 Å². The van der Waals surface area contributed by atoms with Crippen molar-refractivity contribution in [3.05, 3.63) is 29.6 Å². The average molecular weight is 245 g/mol. The summed E-state index contributed by atoms with van der Waals surface area (Å²) in [4.78, 5) is 6.86. The zero-order chi connectivity index (χ0) is 12.4. The maximum atomic E-state index is 4.26. The predicted octanol–water partition coefficient (Wildman–Crippen LogP) is 1.96. The lowest BCUT2D eigenvalue weighted by Crippen LogP contribution is -2.39. The number of pyridine rings is 1. The Bertz CT molecular complexity index is 400. The number of aromatic nitrogens is 1. The monoisotopic (exact) mass is 245 g/mol. The van der Waals surface area contributed by atoms with Gasteiger partial charge in [-0.15, -0.1) is 0 Å². The first-order valence-electron chi connectivity index (χ1n) is 7.18. The molecule has 0 amide bonds. The van der Waals surface area contributed by atoms with Crippen LogP contribution in [-0.4, -0.2) is 35.6 Å². The van der Waals surface area contributed by atoms with Crippen LogP contribution in [0.25, 0.3) is 0 Å². The summed E-state index contributed by atoms with van der Waals surface area (Å²) in [5.41, 5.74) is 2.75. The van der Waals surface area contributed by atoms with E-state index >= 15 is 0 Å². The second-order valence-corrected chi connectivity index (χ2v) is 5.79. The van der Waals surface area contributed by atoms with Gasteiger partial charge in [0.25, 0.3) is 0 Å². The normalized spacial score (nSPS) is 25.9. The van der Waals surface area contributed by atoms with Gasteiger partial charge in [-0.05, 0) is 62.4 Å². The van der Waals surface area contributed by atoms with E-state index < -0.39 is 0 Å². The van der Waals surface area contributed by atoms with Gasteiger partial charge in [-0.2, -0.15) is 0 Å². The molecule has 1 aliphatic heterocycles. The Balaban J connectivity index is 1.65. The molecule has 2 heterocycles. The van der Waals surface area contributed by atoms with Crippen LogP contribution in [0.3, 0.4) is 0 Å². The molecule has 0 spiro atoms. The molecule has 1 aromatic rings. The Kier molecular flexibility index (Phi) is 3.62. The molecule has 0 radical (unpaired) electrons. The number of aryl methyl sites for hydroxylation is 1. The minimum absolute atomic E-state index is 0.726. The van der Waals surface area contributed by atoms with Crippen molar-refractivity contribution in [2.45, 2.75) is 38.8 Å². The Morgan fingerprint density at radius 3 is 3.11 bits per heavy atom. The summed E-state index contributed by atoms with van der Waals surface area (Å²) < 4.78 is 0. The second kappa shape index (κ2) is 5.37. The van der Waals surface area contributed by atoms with Crippen molar-refractivity contribution < 1.29 is 0 Å². The van der Waals surface area contributed by atoms with Crippen LogP contribution in [0.1, 0.15) is 30.4 Å². The molecule has 1 atom stereocenters. The second-order valence-electron chi connectivity index (χ2n) is 5.79. The first-order valence-corrected chi connectivity index (χ1v) is 7.18. The first kappa shape index (κ1) is 12.1. The van der Waals surface area contributed by atoms with E-state index in [1.165, 1.54) is 50.0 Å². The van der Waals surface area contributed by atoms with Crippen LogP contribution in [-0.2, 0) is 6.54 Å². The summed E-state index contributed by atoms with van der Waals surface area (Å²) in [7, 11) is 0. The van der Waals surface area contributed by atoms with Crippen molar-refractivity contribution in [1.29, 1.82) is 0 Å². The van der Waals surface area contributed by atoms with Gasteiger partial charge in [0, 0.05) is 31.5 Å². The summed E-state index contributed by atoms with van der Waals surface area (Å²) in [6, 6.07) is 2.84. The summed E-state index contributed by atoms with van der Waals surface area (Å²) in [5, 5.41) is 3.72. The van der Waals surface area contributed by atoms with Crippen molar-refractivity contribution in [2.24, 2.45) is 5.92 Å². The highest BCUT2D eigenvalue weighted by Gasteiger charge is 2.33. The van der Waals surface area contributed by atoms with Crippen LogP contribution in [0.15, 0.2) is 18.5 Å². The van der Waals surface area contributed by atoms with Crippen molar-refractivity contribution in [3.63, 3.8) is 0 Å². The third-order valence-electron chi connectivity index (χ3n) is 4.25. The SMILES string of the molecule is Cc1ccncc1CN1CCCNC(C2CC2)C1. The van der Waals surface area contributed by atoms with E-state index in [4.69, 9.17) is 0 Å². The van der Waals surface area contributed by atoms with Crippen LogP contribution in [0.2, 0.25) is 0 Å². The van der Waals surface area contributed by atoms with Gasteiger partial charge in [0.15, 0.2) is 0 Å². The number of hydrogen-bond acceptors (Lipinski definition) is 3. The number of hydrogen-bond donors (Lipinski definition) is 1. The topological polar surface area (TPSA) is 28.2 Å². The van der Waals surface area contributed by atoms with Crippen molar-refractivity contribution in [3.8, 4) is 0 Å². The molecule has 2 aliphatic rings. The molecule has 1 unspecified atom stereocenters. The molecule has 98 valence electrons. The third-order valence-corrected chi connectivity index (χ3v) is 4.25. The van der Waals surface area contributed by atoms with E-state index in [0.29, 0.717) is 0 Å². The van der Waals surface area contributed by atoms with E-state index in [2.05, 4.69) is 28.2 Å². The lowest BCUT2D eigenvalue weighted by molar-refractivity contribution is 0.250. The van der Waals surface area contributed by atoms with Crippen LogP contribution in [0.4, 0.5) is 0 Å². The fourth-order valence-corrected chi connectivity index (χ4v) is 2.89. The Labute approximate surface area is 110 Å². The van der Waals surface area contributed by atoms with E-state index in [0.717, 1.165) is 18.5 Å². The molecular weight excluding hydrogens is 222 g/mol. The molecule has 0 aromatic carbocycles. The minimum Gasteiger partial charge on any atom is -0.312 e. The summed E-state index contributed by atoms with van der Waals surface area (Å²) in [6.07, 6.45) is 8.03. The lowest BCUT2D eigenvalue weighted by atomic mass is 10.1. The fourth-order valence-electron chi connectivity index (χ4n) is 2.89. The summed E-state index contributed by atoms with van der Waals surface area (Å²) in [6.45, 7) is 6.85. The Hall–Kier alpha value is -0.930. The van der Waals surface area contributed by atoms with E-state index in [1.807, 2.05) is 12.4 Å². The van der Waals surface area contributed by atoms with Crippen molar-refractivity contribution in [2.75, 3.05) is 19.6 Å². The molecule has 3 rings (SSSR count). The quantitative estimate of drug-likeness (QED) is 0.882. The van der Waals surface area contributed by atoms with E-state index in [1.54, 1.807) is 0 Å². The van der Waals surface area contributed by atoms with Crippen LogP contribution in [0, 0.1) is 12.8 Å². The molecular formula is C15H23N3. The number of nitrogens with zero attached hydrogens (tertiary/aromatic N) is 2.